The molecule has 0 bridgehead atoms. The highest BCUT2D eigenvalue weighted by molar-refractivity contribution is 5.98. The number of aryl methyl sites for hydroxylation is 1. The first kappa shape index (κ1) is 27.3. The summed E-state index contributed by atoms with van der Waals surface area (Å²) in [6.07, 6.45) is 0.673. The van der Waals surface area contributed by atoms with Crippen molar-refractivity contribution in [3.8, 4) is 11.5 Å². The van der Waals surface area contributed by atoms with Crippen LogP contribution in [0.2, 0.25) is 0 Å². The predicted octanol–water partition coefficient (Wildman–Crippen LogP) is 4.35. The largest absolute Gasteiger partial charge is 0.493 e. The van der Waals surface area contributed by atoms with E-state index in [-0.39, 0.29) is 28.9 Å². The lowest BCUT2D eigenvalue weighted by atomic mass is 9.85. The standard InChI is InChI=1S/C28H29FN2O6/c1-16-15-21(29)11-12-22(16)24(20-9-7-6-8-10-20)18(3)36-28(34)17(2)31-27(33)25-26(37-19(4)32)23(35-5)13-14-30-25/h6-15,17-18,24H,1-5H3,(H,31,33)/t17-,18-,24+/m0/s1. The van der Waals surface area contributed by atoms with Crippen molar-refractivity contribution >= 4 is 17.8 Å². The lowest BCUT2D eigenvalue weighted by Crippen LogP contribution is -2.41. The van der Waals surface area contributed by atoms with Gasteiger partial charge in [-0.05, 0) is 49.6 Å². The molecule has 0 unspecified atom stereocenters. The second kappa shape index (κ2) is 12.1. The van der Waals surface area contributed by atoms with Gasteiger partial charge in [-0.15, -0.1) is 0 Å². The average molecular weight is 509 g/mol. The van der Waals surface area contributed by atoms with E-state index in [1.807, 2.05) is 30.3 Å². The summed E-state index contributed by atoms with van der Waals surface area (Å²) < 4.78 is 29.8. The maximum atomic E-state index is 13.8. The fourth-order valence-electron chi connectivity index (χ4n) is 4.02. The molecule has 0 saturated heterocycles. The van der Waals surface area contributed by atoms with Crippen molar-refractivity contribution in [3.63, 3.8) is 0 Å². The van der Waals surface area contributed by atoms with Gasteiger partial charge >= 0.3 is 11.9 Å². The van der Waals surface area contributed by atoms with Gasteiger partial charge in [-0.25, -0.2) is 14.2 Å². The van der Waals surface area contributed by atoms with Crippen LogP contribution in [0.1, 0.15) is 53.9 Å². The monoisotopic (exact) mass is 508 g/mol. The smallest absolute Gasteiger partial charge is 0.328 e. The first-order valence-corrected chi connectivity index (χ1v) is 11.7. The highest BCUT2D eigenvalue weighted by Crippen LogP contribution is 2.33. The van der Waals surface area contributed by atoms with Crippen LogP contribution in [0.15, 0.2) is 60.8 Å². The number of hydrogen-bond donors (Lipinski definition) is 1. The first-order valence-electron chi connectivity index (χ1n) is 11.7. The molecular formula is C28H29FN2O6. The van der Waals surface area contributed by atoms with Gasteiger partial charge in [0.2, 0.25) is 5.75 Å². The van der Waals surface area contributed by atoms with Crippen LogP contribution in [0.3, 0.4) is 0 Å². The number of methoxy groups -OCH3 is 1. The fraction of sp³-hybridized carbons (Fsp3) is 0.286. The van der Waals surface area contributed by atoms with Crippen molar-refractivity contribution in [1.82, 2.24) is 10.3 Å². The van der Waals surface area contributed by atoms with Crippen LogP contribution in [0, 0.1) is 12.7 Å². The Morgan fingerprint density at radius 2 is 1.73 bits per heavy atom. The van der Waals surface area contributed by atoms with Gasteiger partial charge in [0.1, 0.15) is 18.0 Å². The van der Waals surface area contributed by atoms with Crippen molar-refractivity contribution in [2.45, 2.75) is 45.8 Å². The van der Waals surface area contributed by atoms with Crippen LogP contribution in [0.4, 0.5) is 4.39 Å². The minimum absolute atomic E-state index is 0.138. The minimum Gasteiger partial charge on any atom is -0.493 e. The molecule has 194 valence electrons. The van der Waals surface area contributed by atoms with Gasteiger partial charge in [-0.3, -0.25) is 9.59 Å². The molecule has 3 rings (SSSR count). The third-order valence-corrected chi connectivity index (χ3v) is 5.75. The summed E-state index contributed by atoms with van der Waals surface area (Å²) in [7, 11) is 1.36. The van der Waals surface area contributed by atoms with Gasteiger partial charge in [0.05, 0.1) is 7.11 Å². The number of rotatable bonds is 9. The molecule has 3 atom stereocenters. The zero-order chi connectivity index (χ0) is 27.1. The summed E-state index contributed by atoms with van der Waals surface area (Å²) in [6.45, 7) is 6.20. The third-order valence-electron chi connectivity index (χ3n) is 5.75. The molecule has 0 aliphatic heterocycles. The van der Waals surface area contributed by atoms with Crippen LogP contribution < -0.4 is 14.8 Å². The number of hydrogen-bond acceptors (Lipinski definition) is 7. The van der Waals surface area contributed by atoms with E-state index in [0.717, 1.165) is 16.7 Å². The van der Waals surface area contributed by atoms with E-state index in [4.69, 9.17) is 14.2 Å². The Morgan fingerprint density at radius 1 is 1.03 bits per heavy atom. The Kier molecular flexibility index (Phi) is 8.95. The maximum Gasteiger partial charge on any atom is 0.328 e. The Bertz CT molecular complexity index is 1280. The quantitative estimate of drug-likeness (QED) is 0.429. The second-order valence-electron chi connectivity index (χ2n) is 8.51. The molecule has 0 fully saturated rings. The second-order valence-corrected chi connectivity index (χ2v) is 8.51. The Labute approximate surface area is 214 Å². The molecule has 0 saturated carbocycles. The zero-order valence-electron chi connectivity index (χ0n) is 21.3. The molecule has 1 N–H and O–H groups in total. The van der Waals surface area contributed by atoms with Crippen molar-refractivity contribution in [2.24, 2.45) is 0 Å². The highest BCUT2D eigenvalue weighted by Gasteiger charge is 2.29. The molecule has 1 amide bonds. The molecule has 0 spiro atoms. The van der Waals surface area contributed by atoms with E-state index in [1.165, 1.54) is 45.4 Å². The molecule has 1 aromatic heterocycles. The van der Waals surface area contributed by atoms with Crippen LogP contribution in [-0.2, 0) is 14.3 Å². The number of benzene rings is 2. The average Bonchev–Trinajstić information content (AvgIpc) is 2.85. The Balaban J connectivity index is 1.80. The van der Waals surface area contributed by atoms with E-state index < -0.39 is 30.0 Å². The van der Waals surface area contributed by atoms with Crippen LogP contribution in [0.5, 0.6) is 11.5 Å². The number of nitrogens with one attached hydrogen (secondary N) is 1. The zero-order valence-corrected chi connectivity index (χ0v) is 21.3. The van der Waals surface area contributed by atoms with Gasteiger partial charge < -0.3 is 19.5 Å². The van der Waals surface area contributed by atoms with Gasteiger partial charge in [-0.1, -0.05) is 36.4 Å². The maximum absolute atomic E-state index is 13.8. The molecule has 9 heteroatoms. The van der Waals surface area contributed by atoms with E-state index in [0.29, 0.717) is 0 Å². The molecule has 0 aliphatic rings. The Morgan fingerprint density at radius 3 is 2.35 bits per heavy atom. The molecule has 37 heavy (non-hydrogen) atoms. The Hall–Kier alpha value is -4.27. The molecule has 8 nitrogen and oxygen atoms in total. The van der Waals surface area contributed by atoms with Crippen LogP contribution >= 0.6 is 0 Å². The number of pyridine rings is 1. The first-order chi connectivity index (χ1) is 17.6. The SMILES string of the molecule is COc1ccnc(C(=O)N[C@@H](C)C(=O)O[C@@H](C)[C@H](c2ccccc2)c2ccc(F)cc2C)c1OC(C)=O. The minimum atomic E-state index is -1.06. The van der Waals surface area contributed by atoms with Gasteiger partial charge in [0.15, 0.2) is 11.4 Å². The topological polar surface area (TPSA) is 104 Å². The number of esters is 2. The summed E-state index contributed by atoms with van der Waals surface area (Å²) in [4.78, 5) is 41.4. The van der Waals surface area contributed by atoms with E-state index >= 15 is 0 Å². The van der Waals surface area contributed by atoms with Gasteiger partial charge in [0.25, 0.3) is 5.91 Å². The summed E-state index contributed by atoms with van der Waals surface area (Å²) in [5.74, 6) is -2.83. The number of carbonyl (C=O) groups is 3. The number of ether oxygens (including phenoxy) is 3. The van der Waals surface area contributed by atoms with E-state index in [1.54, 1.807) is 19.9 Å². The number of amides is 1. The molecule has 2 aromatic carbocycles. The summed E-state index contributed by atoms with van der Waals surface area (Å²) >= 11 is 0. The lowest BCUT2D eigenvalue weighted by Gasteiger charge is -2.27. The molecule has 0 aliphatic carbocycles. The number of halogens is 1. The summed E-state index contributed by atoms with van der Waals surface area (Å²) in [5, 5.41) is 2.53. The predicted molar refractivity (Wildman–Crippen MR) is 134 cm³/mol. The molecule has 1 heterocycles. The van der Waals surface area contributed by atoms with Crippen LogP contribution in [-0.4, -0.2) is 42.1 Å². The fourth-order valence-corrected chi connectivity index (χ4v) is 4.02. The van der Waals surface area contributed by atoms with E-state index in [2.05, 4.69) is 10.3 Å². The molecule has 0 radical (unpaired) electrons. The number of aromatic nitrogens is 1. The van der Waals surface area contributed by atoms with Crippen molar-refractivity contribution in [3.05, 3.63) is 89.0 Å². The third kappa shape index (κ3) is 6.69. The van der Waals surface area contributed by atoms with Gasteiger partial charge in [-0.2, -0.15) is 0 Å². The number of nitrogens with zero attached hydrogens (tertiary/aromatic N) is 1. The van der Waals surface area contributed by atoms with Gasteiger partial charge in [0, 0.05) is 25.1 Å². The van der Waals surface area contributed by atoms with Crippen molar-refractivity contribution in [1.29, 1.82) is 0 Å². The summed E-state index contributed by atoms with van der Waals surface area (Å²) in [6, 6.07) is 14.3. The highest BCUT2D eigenvalue weighted by atomic mass is 19.1. The lowest BCUT2D eigenvalue weighted by molar-refractivity contribution is -0.150. The normalized spacial score (nSPS) is 13.1. The van der Waals surface area contributed by atoms with Crippen molar-refractivity contribution in [2.75, 3.05) is 7.11 Å². The number of carbonyl (C=O) groups excluding carboxylic acids is 3. The molecular weight excluding hydrogens is 479 g/mol. The van der Waals surface area contributed by atoms with E-state index in [9.17, 15) is 18.8 Å². The summed E-state index contributed by atoms with van der Waals surface area (Å²) in [5.41, 5.74) is 2.21. The van der Waals surface area contributed by atoms with Crippen molar-refractivity contribution < 1.29 is 33.0 Å². The van der Waals surface area contributed by atoms with Crippen LogP contribution in [0.25, 0.3) is 0 Å². The molecule has 3 aromatic rings.